The average Bonchev–Trinajstić information content (AvgIpc) is 2.63. The van der Waals surface area contributed by atoms with E-state index >= 15 is 0 Å². The van der Waals surface area contributed by atoms with Crippen LogP contribution in [0, 0.1) is 0 Å². The number of hydrogen-bond donors (Lipinski definition) is 2. The van der Waals surface area contributed by atoms with Crippen LogP contribution in [-0.4, -0.2) is 16.9 Å². The van der Waals surface area contributed by atoms with Gasteiger partial charge in [-0.1, -0.05) is 45.2 Å². The third-order valence-corrected chi connectivity index (χ3v) is 4.80. The second kappa shape index (κ2) is 8.15. The summed E-state index contributed by atoms with van der Waals surface area (Å²) in [5, 5.41) is 6.42. The van der Waals surface area contributed by atoms with Crippen molar-refractivity contribution in [1.29, 1.82) is 0 Å². The first kappa shape index (κ1) is 17.5. The summed E-state index contributed by atoms with van der Waals surface area (Å²) >= 11 is 0. The monoisotopic (exact) mass is 337 g/mol. The van der Waals surface area contributed by atoms with Crippen molar-refractivity contribution in [2.75, 3.05) is 5.32 Å². The van der Waals surface area contributed by atoms with Gasteiger partial charge in [-0.15, -0.1) is 0 Å². The fourth-order valence-electron chi connectivity index (χ4n) is 3.23. The lowest BCUT2D eigenvalue weighted by Gasteiger charge is -2.22. The highest BCUT2D eigenvalue weighted by molar-refractivity contribution is 5.92. The third kappa shape index (κ3) is 4.81. The summed E-state index contributed by atoms with van der Waals surface area (Å²) in [6, 6.07) is 12.4. The first-order valence-electron chi connectivity index (χ1n) is 9.26. The molecule has 4 heteroatoms. The number of pyridine rings is 1. The summed E-state index contributed by atoms with van der Waals surface area (Å²) < 4.78 is 0. The number of aromatic nitrogens is 1. The van der Waals surface area contributed by atoms with E-state index in [1.54, 1.807) is 12.3 Å². The first-order valence-corrected chi connectivity index (χ1v) is 9.26. The SMILES string of the molecule is CC(C)c1ccc(Nc2ccc(C(=O)NC3CCCCC3)nc2)cc1. The number of anilines is 2. The third-order valence-electron chi connectivity index (χ3n) is 4.80. The van der Waals surface area contributed by atoms with Gasteiger partial charge in [0.05, 0.1) is 11.9 Å². The number of carbonyl (C=O) groups is 1. The van der Waals surface area contributed by atoms with E-state index in [0.29, 0.717) is 17.7 Å². The summed E-state index contributed by atoms with van der Waals surface area (Å²) in [6.07, 6.45) is 7.57. The molecule has 0 bridgehead atoms. The van der Waals surface area contributed by atoms with Crippen LogP contribution in [0.15, 0.2) is 42.6 Å². The highest BCUT2D eigenvalue weighted by Gasteiger charge is 2.17. The zero-order valence-corrected chi connectivity index (χ0v) is 15.1. The molecule has 0 unspecified atom stereocenters. The van der Waals surface area contributed by atoms with Crippen LogP contribution in [0.4, 0.5) is 11.4 Å². The second-order valence-electron chi connectivity index (χ2n) is 7.14. The summed E-state index contributed by atoms with van der Waals surface area (Å²) in [7, 11) is 0. The Hall–Kier alpha value is -2.36. The predicted octanol–water partition coefficient (Wildman–Crippen LogP) is 5.01. The largest absolute Gasteiger partial charge is 0.354 e. The number of nitrogens with one attached hydrogen (secondary N) is 2. The van der Waals surface area contributed by atoms with Crippen LogP contribution in [0.2, 0.25) is 0 Å². The molecule has 2 N–H and O–H groups in total. The average molecular weight is 337 g/mol. The van der Waals surface area contributed by atoms with E-state index in [2.05, 4.69) is 53.7 Å². The Morgan fingerprint density at radius 1 is 1.00 bits per heavy atom. The molecule has 0 atom stereocenters. The Labute approximate surface area is 150 Å². The zero-order valence-electron chi connectivity index (χ0n) is 15.1. The summed E-state index contributed by atoms with van der Waals surface area (Å²) in [6.45, 7) is 4.37. The number of carbonyl (C=O) groups excluding carboxylic acids is 1. The van der Waals surface area contributed by atoms with E-state index in [1.165, 1.54) is 24.8 Å². The van der Waals surface area contributed by atoms with Crippen LogP contribution in [0.25, 0.3) is 0 Å². The molecule has 2 aromatic rings. The number of hydrogen-bond acceptors (Lipinski definition) is 3. The van der Waals surface area contributed by atoms with Crippen molar-refractivity contribution in [1.82, 2.24) is 10.3 Å². The lowest BCUT2D eigenvalue weighted by molar-refractivity contribution is 0.0922. The quantitative estimate of drug-likeness (QED) is 0.806. The summed E-state index contributed by atoms with van der Waals surface area (Å²) in [5.41, 5.74) is 3.70. The van der Waals surface area contributed by atoms with Gasteiger partial charge in [0.2, 0.25) is 0 Å². The Balaban J connectivity index is 1.58. The number of nitrogens with zero attached hydrogens (tertiary/aromatic N) is 1. The summed E-state index contributed by atoms with van der Waals surface area (Å²) in [4.78, 5) is 16.6. The van der Waals surface area contributed by atoms with Crippen molar-refractivity contribution in [3.63, 3.8) is 0 Å². The van der Waals surface area contributed by atoms with Crippen molar-refractivity contribution in [2.45, 2.75) is 57.9 Å². The number of amides is 1. The van der Waals surface area contributed by atoms with Gasteiger partial charge in [-0.05, 0) is 48.6 Å². The molecule has 3 rings (SSSR count). The van der Waals surface area contributed by atoms with Crippen molar-refractivity contribution in [3.8, 4) is 0 Å². The fourth-order valence-corrected chi connectivity index (χ4v) is 3.23. The smallest absolute Gasteiger partial charge is 0.270 e. The highest BCUT2D eigenvalue weighted by Crippen LogP contribution is 2.21. The molecule has 1 aliphatic carbocycles. The molecule has 1 aliphatic rings. The molecular formula is C21H27N3O. The lowest BCUT2D eigenvalue weighted by Crippen LogP contribution is -2.36. The maximum atomic E-state index is 12.3. The van der Waals surface area contributed by atoms with Gasteiger partial charge in [0, 0.05) is 11.7 Å². The van der Waals surface area contributed by atoms with E-state index < -0.39 is 0 Å². The van der Waals surface area contributed by atoms with E-state index in [4.69, 9.17) is 0 Å². The molecule has 4 nitrogen and oxygen atoms in total. The normalized spacial score (nSPS) is 15.2. The molecule has 0 saturated heterocycles. The van der Waals surface area contributed by atoms with Crippen LogP contribution in [-0.2, 0) is 0 Å². The van der Waals surface area contributed by atoms with E-state index in [9.17, 15) is 4.79 Å². The molecular weight excluding hydrogens is 310 g/mol. The van der Waals surface area contributed by atoms with Crippen LogP contribution in [0.3, 0.4) is 0 Å². The molecule has 0 spiro atoms. The summed E-state index contributed by atoms with van der Waals surface area (Å²) in [5.74, 6) is 0.456. The molecule has 132 valence electrons. The van der Waals surface area contributed by atoms with Crippen LogP contribution < -0.4 is 10.6 Å². The van der Waals surface area contributed by atoms with Gasteiger partial charge in [0.15, 0.2) is 0 Å². The first-order chi connectivity index (χ1) is 12.1. The van der Waals surface area contributed by atoms with Gasteiger partial charge in [0.1, 0.15) is 5.69 Å². The van der Waals surface area contributed by atoms with Crippen molar-refractivity contribution in [3.05, 3.63) is 53.9 Å². The van der Waals surface area contributed by atoms with Crippen LogP contribution in [0.5, 0.6) is 0 Å². The minimum absolute atomic E-state index is 0.0697. The van der Waals surface area contributed by atoms with E-state index in [-0.39, 0.29) is 5.91 Å². The Kier molecular flexibility index (Phi) is 5.69. The minimum atomic E-state index is -0.0697. The molecule has 1 aromatic heterocycles. The lowest BCUT2D eigenvalue weighted by atomic mass is 9.95. The molecule has 1 aromatic carbocycles. The van der Waals surface area contributed by atoms with E-state index in [0.717, 1.165) is 24.2 Å². The van der Waals surface area contributed by atoms with E-state index in [1.807, 2.05) is 6.07 Å². The standard InChI is InChI=1S/C21H27N3O/c1-15(2)16-8-10-18(11-9-16)23-19-12-13-20(22-14-19)21(25)24-17-6-4-3-5-7-17/h8-15,17,23H,3-7H2,1-2H3,(H,24,25). The number of rotatable bonds is 5. The van der Waals surface area contributed by atoms with Gasteiger partial charge in [-0.3, -0.25) is 4.79 Å². The maximum Gasteiger partial charge on any atom is 0.270 e. The Morgan fingerprint density at radius 2 is 1.68 bits per heavy atom. The fraction of sp³-hybridized carbons (Fsp3) is 0.429. The van der Waals surface area contributed by atoms with Crippen LogP contribution in [0.1, 0.15) is 67.9 Å². The van der Waals surface area contributed by atoms with Crippen molar-refractivity contribution < 1.29 is 4.79 Å². The predicted molar refractivity (Wildman–Crippen MR) is 102 cm³/mol. The molecule has 1 amide bonds. The molecule has 25 heavy (non-hydrogen) atoms. The van der Waals surface area contributed by atoms with Crippen molar-refractivity contribution >= 4 is 17.3 Å². The van der Waals surface area contributed by atoms with Gasteiger partial charge in [-0.25, -0.2) is 4.98 Å². The van der Waals surface area contributed by atoms with Gasteiger partial charge in [-0.2, -0.15) is 0 Å². The van der Waals surface area contributed by atoms with Gasteiger partial charge in [0.25, 0.3) is 5.91 Å². The van der Waals surface area contributed by atoms with Gasteiger partial charge >= 0.3 is 0 Å². The molecule has 1 fully saturated rings. The van der Waals surface area contributed by atoms with Gasteiger partial charge < -0.3 is 10.6 Å². The zero-order chi connectivity index (χ0) is 17.6. The van der Waals surface area contributed by atoms with Crippen molar-refractivity contribution in [2.24, 2.45) is 0 Å². The molecule has 0 aliphatic heterocycles. The molecule has 1 saturated carbocycles. The maximum absolute atomic E-state index is 12.3. The van der Waals surface area contributed by atoms with Crippen LogP contribution >= 0.6 is 0 Å². The highest BCUT2D eigenvalue weighted by atomic mass is 16.1. The Morgan fingerprint density at radius 3 is 2.28 bits per heavy atom. The Bertz CT molecular complexity index is 686. The topological polar surface area (TPSA) is 54.0 Å². The second-order valence-corrected chi connectivity index (χ2v) is 7.14. The minimum Gasteiger partial charge on any atom is -0.354 e. The molecule has 0 radical (unpaired) electrons. The molecule has 1 heterocycles. The number of benzene rings is 1.